The first kappa shape index (κ1) is 18.7. The van der Waals surface area contributed by atoms with Crippen molar-refractivity contribution in [3.63, 3.8) is 0 Å². The Bertz CT molecular complexity index is 732. The zero-order valence-electron chi connectivity index (χ0n) is 15.0. The third kappa shape index (κ3) is 3.57. The topological polar surface area (TPSA) is 40.6 Å². The van der Waals surface area contributed by atoms with Crippen molar-refractivity contribution < 1.29 is 22.8 Å². The maximum Gasteiger partial charge on any atom is 0.416 e. The first-order chi connectivity index (χ1) is 12.1. The number of nitrogens with zero attached hydrogens (tertiary/aromatic N) is 2. The summed E-state index contributed by atoms with van der Waals surface area (Å²) in [6.07, 6.45) is -1.91. The van der Waals surface area contributed by atoms with Crippen LogP contribution >= 0.6 is 0 Å². The van der Waals surface area contributed by atoms with Gasteiger partial charge in [0.1, 0.15) is 0 Å². The second-order valence-electron chi connectivity index (χ2n) is 7.55. The van der Waals surface area contributed by atoms with Crippen LogP contribution in [0.1, 0.15) is 47.7 Å². The fourth-order valence-corrected chi connectivity index (χ4v) is 4.16. The van der Waals surface area contributed by atoms with E-state index in [2.05, 4.69) is 0 Å². The fourth-order valence-electron chi connectivity index (χ4n) is 4.16. The molecule has 0 aliphatic carbocycles. The van der Waals surface area contributed by atoms with Crippen LogP contribution in [0.2, 0.25) is 0 Å². The summed E-state index contributed by atoms with van der Waals surface area (Å²) in [6.45, 7) is 5.26. The predicted molar refractivity (Wildman–Crippen MR) is 90.6 cm³/mol. The molecule has 3 rings (SSSR count). The molecule has 2 aliphatic rings. The zero-order chi connectivity index (χ0) is 19.1. The van der Waals surface area contributed by atoms with E-state index in [0.717, 1.165) is 25.3 Å². The molecule has 142 valence electrons. The largest absolute Gasteiger partial charge is 0.416 e. The van der Waals surface area contributed by atoms with Gasteiger partial charge in [-0.15, -0.1) is 0 Å². The number of carbonyl (C=O) groups is 2. The van der Waals surface area contributed by atoms with Gasteiger partial charge in [-0.2, -0.15) is 13.2 Å². The predicted octanol–water partition coefficient (Wildman–Crippen LogP) is 3.49. The highest BCUT2D eigenvalue weighted by atomic mass is 19.4. The molecule has 1 aromatic rings. The molecule has 0 N–H and O–H groups in total. The number of alkyl halides is 3. The average molecular weight is 368 g/mol. The number of hydrogen-bond acceptors (Lipinski definition) is 2. The van der Waals surface area contributed by atoms with Gasteiger partial charge in [0.2, 0.25) is 5.91 Å². The van der Waals surface area contributed by atoms with Gasteiger partial charge in [-0.25, -0.2) is 0 Å². The smallest absolute Gasteiger partial charge is 0.342 e. The number of benzene rings is 1. The van der Waals surface area contributed by atoms with Crippen molar-refractivity contribution in [2.45, 2.75) is 39.3 Å². The summed E-state index contributed by atoms with van der Waals surface area (Å²) in [4.78, 5) is 27.9. The lowest BCUT2D eigenvalue weighted by Crippen LogP contribution is -2.47. The van der Waals surface area contributed by atoms with Crippen LogP contribution in [0.4, 0.5) is 13.2 Å². The van der Waals surface area contributed by atoms with Crippen molar-refractivity contribution >= 4 is 11.8 Å². The Morgan fingerprint density at radius 2 is 1.77 bits per heavy atom. The molecular weight excluding hydrogens is 345 g/mol. The van der Waals surface area contributed by atoms with Gasteiger partial charge in [0, 0.05) is 44.1 Å². The summed E-state index contributed by atoms with van der Waals surface area (Å²) in [7, 11) is 0. The maximum absolute atomic E-state index is 13.1. The van der Waals surface area contributed by atoms with E-state index in [0.29, 0.717) is 26.2 Å². The number of carbonyl (C=O) groups excluding carboxylic acids is 2. The van der Waals surface area contributed by atoms with Crippen molar-refractivity contribution in [2.24, 2.45) is 5.41 Å². The SMILES string of the molecule is CC(=O)N1CCC2(CCCN(C(=O)c3ccc(C)c(C(F)(F)F)c3)C2)C1. The first-order valence-electron chi connectivity index (χ1n) is 8.84. The molecule has 26 heavy (non-hydrogen) atoms. The number of aryl methyl sites for hydroxylation is 1. The van der Waals surface area contributed by atoms with Crippen LogP contribution in [0.3, 0.4) is 0 Å². The molecule has 1 aromatic carbocycles. The summed E-state index contributed by atoms with van der Waals surface area (Å²) in [5.41, 5.74) is -0.714. The van der Waals surface area contributed by atoms with E-state index in [1.165, 1.54) is 26.0 Å². The Morgan fingerprint density at radius 1 is 1.08 bits per heavy atom. The van der Waals surface area contributed by atoms with Crippen molar-refractivity contribution in [3.05, 3.63) is 34.9 Å². The molecule has 0 saturated carbocycles. The van der Waals surface area contributed by atoms with Crippen molar-refractivity contribution in [2.75, 3.05) is 26.2 Å². The van der Waals surface area contributed by atoms with Crippen LogP contribution in [0.15, 0.2) is 18.2 Å². The van der Waals surface area contributed by atoms with Gasteiger partial charge in [-0.1, -0.05) is 6.07 Å². The first-order valence-corrected chi connectivity index (χ1v) is 8.84. The molecule has 1 unspecified atom stereocenters. The minimum Gasteiger partial charge on any atom is -0.342 e. The molecule has 4 nitrogen and oxygen atoms in total. The summed E-state index contributed by atoms with van der Waals surface area (Å²) in [6, 6.07) is 3.77. The fraction of sp³-hybridized carbons (Fsp3) is 0.579. The Kier molecular flexibility index (Phi) is 4.75. The number of rotatable bonds is 1. The maximum atomic E-state index is 13.1. The summed E-state index contributed by atoms with van der Waals surface area (Å²) in [5, 5.41) is 0. The third-order valence-corrected chi connectivity index (χ3v) is 5.62. The van der Waals surface area contributed by atoms with Crippen LogP contribution in [0, 0.1) is 12.3 Å². The van der Waals surface area contributed by atoms with Crippen molar-refractivity contribution in [1.82, 2.24) is 9.80 Å². The number of halogens is 3. The lowest BCUT2D eigenvalue weighted by Gasteiger charge is -2.40. The third-order valence-electron chi connectivity index (χ3n) is 5.62. The molecule has 0 aromatic heterocycles. The Hall–Kier alpha value is -2.05. The molecule has 2 aliphatic heterocycles. The van der Waals surface area contributed by atoms with Crippen LogP contribution in [0.25, 0.3) is 0 Å². The van der Waals surface area contributed by atoms with E-state index in [1.54, 1.807) is 9.80 Å². The molecule has 2 amide bonds. The van der Waals surface area contributed by atoms with Gasteiger partial charge in [-0.3, -0.25) is 9.59 Å². The van der Waals surface area contributed by atoms with Gasteiger partial charge < -0.3 is 9.80 Å². The van der Waals surface area contributed by atoms with Crippen LogP contribution < -0.4 is 0 Å². The van der Waals surface area contributed by atoms with E-state index < -0.39 is 11.7 Å². The Labute approximate surface area is 151 Å². The molecule has 1 spiro atoms. The lowest BCUT2D eigenvalue weighted by molar-refractivity contribution is -0.138. The quantitative estimate of drug-likeness (QED) is 0.761. The van der Waals surface area contributed by atoms with Gasteiger partial charge in [0.15, 0.2) is 0 Å². The second-order valence-corrected chi connectivity index (χ2v) is 7.55. The molecular formula is C19H23F3N2O2. The second kappa shape index (κ2) is 6.59. The number of likely N-dealkylation sites (tertiary alicyclic amines) is 2. The van der Waals surface area contributed by atoms with Gasteiger partial charge in [0.25, 0.3) is 5.91 Å². The highest BCUT2D eigenvalue weighted by Gasteiger charge is 2.43. The van der Waals surface area contributed by atoms with Crippen LogP contribution in [-0.4, -0.2) is 47.8 Å². The minimum absolute atomic E-state index is 0.0266. The monoisotopic (exact) mass is 368 g/mol. The van der Waals surface area contributed by atoms with Crippen LogP contribution in [0.5, 0.6) is 0 Å². The van der Waals surface area contributed by atoms with Gasteiger partial charge in [0.05, 0.1) is 5.56 Å². The van der Waals surface area contributed by atoms with E-state index in [4.69, 9.17) is 0 Å². The summed E-state index contributed by atoms with van der Waals surface area (Å²) < 4.78 is 39.4. The summed E-state index contributed by atoms with van der Waals surface area (Å²) >= 11 is 0. The van der Waals surface area contributed by atoms with E-state index in [-0.39, 0.29) is 28.4 Å². The minimum atomic E-state index is -4.48. The molecule has 1 atom stereocenters. The van der Waals surface area contributed by atoms with Gasteiger partial charge in [-0.05, 0) is 43.9 Å². The van der Waals surface area contributed by atoms with Crippen LogP contribution in [-0.2, 0) is 11.0 Å². The number of hydrogen-bond donors (Lipinski definition) is 0. The van der Waals surface area contributed by atoms with Gasteiger partial charge >= 0.3 is 6.18 Å². The van der Waals surface area contributed by atoms with E-state index in [1.807, 2.05) is 0 Å². The Balaban J connectivity index is 1.79. The Morgan fingerprint density at radius 3 is 2.38 bits per heavy atom. The highest BCUT2D eigenvalue weighted by molar-refractivity contribution is 5.94. The molecule has 0 radical (unpaired) electrons. The standard InChI is InChI=1S/C19H23F3N2O2/c1-13-4-5-15(10-16(13)19(20,21)22)17(26)24-8-3-6-18(12-24)7-9-23(11-18)14(2)25/h4-5,10H,3,6-9,11-12H2,1-2H3. The molecule has 2 fully saturated rings. The van der Waals surface area contributed by atoms with E-state index in [9.17, 15) is 22.8 Å². The number of amides is 2. The zero-order valence-corrected chi connectivity index (χ0v) is 15.0. The lowest BCUT2D eigenvalue weighted by atomic mass is 9.79. The normalized spacial score (nSPS) is 23.6. The molecule has 2 saturated heterocycles. The summed E-state index contributed by atoms with van der Waals surface area (Å²) in [5.74, 6) is -0.338. The number of piperidine rings is 1. The van der Waals surface area contributed by atoms with Crippen molar-refractivity contribution in [1.29, 1.82) is 0 Å². The highest BCUT2D eigenvalue weighted by Crippen LogP contribution is 2.39. The molecule has 2 heterocycles. The average Bonchev–Trinajstić information content (AvgIpc) is 2.97. The van der Waals surface area contributed by atoms with Crippen molar-refractivity contribution in [3.8, 4) is 0 Å². The molecule has 0 bridgehead atoms. The van der Waals surface area contributed by atoms with E-state index >= 15 is 0 Å². The molecule has 7 heteroatoms.